The van der Waals surface area contributed by atoms with Crippen molar-refractivity contribution in [3.63, 3.8) is 0 Å². The molecule has 0 unspecified atom stereocenters. The van der Waals surface area contributed by atoms with Gasteiger partial charge in [-0.2, -0.15) is 0 Å². The summed E-state index contributed by atoms with van der Waals surface area (Å²) >= 11 is 0. The van der Waals surface area contributed by atoms with Crippen molar-refractivity contribution in [2.45, 2.75) is 6.54 Å². The lowest BCUT2D eigenvalue weighted by atomic mass is 10.0. The van der Waals surface area contributed by atoms with Crippen molar-refractivity contribution in [2.75, 3.05) is 13.9 Å². The van der Waals surface area contributed by atoms with Gasteiger partial charge < -0.3 is 19.9 Å². The average molecular weight is 257 g/mol. The fourth-order valence-electron chi connectivity index (χ4n) is 2.17. The summed E-state index contributed by atoms with van der Waals surface area (Å²) in [7, 11) is 1.66. The normalized spacial score (nSPS) is 12.5. The first-order valence-electron chi connectivity index (χ1n) is 6.09. The van der Waals surface area contributed by atoms with Gasteiger partial charge in [-0.25, -0.2) is 0 Å². The summed E-state index contributed by atoms with van der Waals surface area (Å²) < 4.78 is 16.1. The first-order chi connectivity index (χ1) is 9.31. The first-order valence-corrected chi connectivity index (χ1v) is 6.09. The summed E-state index contributed by atoms with van der Waals surface area (Å²) in [5, 5.41) is 0. The van der Waals surface area contributed by atoms with Crippen LogP contribution in [0.1, 0.15) is 5.56 Å². The Morgan fingerprint density at radius 2 is 1.95 bits per heavy atom. The van der Waals surface area contributed by atoms with Crippen LogP contribution in [-0.4, -0.2) is 13.9 Å². The van der Waals surface area contributed by atoms with Gasteiger partial charge in [-0.1, -0.05) is 12.1 Å². The number of nitrogens with two attached hydrogens (primary N) is 1. The van der Waals surface area contributed by atoms with Crippen LogP contribution in [0.3, 0.4) is 0 Å². The number of hydrogen-bond donors (Lipinski definition) is 1. The lowest BCUT2D eigenvalue weighted by Crippen LogP contribution is -1.97. The van der Waals surface area contributed by atoms with Crippen LogP contribution in [-0.2, 0) is 6.54 Å². The Morgan fingerprint density at radius 1 is 1.11 bits per heavy atom. The highest BCUT2D eigenvalue weighted by Crippen LogP contribution is 2.38. The zero-order valence-electron chi connectivity index (χ0n) is 10.7. The summed E-state index contributed by atoms with van der Waals surface area (Å²) in [6, 6.07) is 11.8. The van der Waals surface area contributed by atoms with E-state index >= 15 is 0 Å². The lowest BCUT2D eigenvalue weighted by Gasteiger charge is -2.11. The van der Waals surface area contributed by atoms with Crippen molar-refractivity contribution >= 4 is 0 Å². The zero-order chi connectivity index (χ0) is 13.2. The van der Waals surface area contributed by atoms with Gasteiger partial charge in [0.2, 0.25) is 6.79 Å². The van der Waals surface area contributed by atoms with Crippen LogP contribution in [0.25, 0.3) is 11.1 Å². The fraction of sp³-hybridized carbons (Fsp3) is 0.200. The predicted molar refractivity (Wildman–Crippen MR) is 72.4 cm³/mol. The van der Waals surface area contributed by atoms with Crippen molar-refractivity contribution in [1.29, 1.82) is 0 Å². The van der Waals surface area contributed by atoms with E-state index in [0.717, 1.165) is 33.9 Å². The van der Waals surface area contributed by atoms with E-state index in [-0.39, 0.29) is 6.79 Å². The highest BCUT2D eigenvalue weighted by atomic mass is 16.7. The van der Waals surface area contributed by atoms with Crippen LogP contribution in [0, 0.1) is 0 Å². The van der Waals surface area contributed by atoms with Gasteiger partial charge in [0.25, 0.3) is 0 Å². The summed E-state index contributed by atoms with van der Waals surface area (Å²) in [4.78, 5) is 0. The Hall–Kier alpha value is -2.20. The maximum atomic E-state index is 5.69. The molecule has 0 aliphatic carbocycles. The number of fused-ring (bicyclic) bond motifs is 1. The van der Waals surface area contributed by atoms with Crippen LogP contribution in [0.5, 0.6) is 17.2 Å². The Labute approximate surface area is 111 Å². The molecule has 0 aromatic heterocycles. The van der Waals surface area contributed by atoms with E-state index in [1.165, 1.54) is 0 Å². The van der Waals surface area contributed by atoms with Gasteiger partial charge in [0.05, 0.1) is 7.11 Å². The predicted octanol–water partition coefficient (Wildman–Crippen LogP) is 2.55. The molecule has 4 heteroatoms. The molecule has 98 valence electrons. The van der Waals surface area contributed by atoms with Gasteiger partial charge in [0.1, 0.15) is 5.75 Å². The summed E-state index contributed by atoms with van der Waals surface area (Å²) in [5.74, 6) is 2.35. The third-order valence-corrected chi connectivity index (χ3v) is 3.18. The Bertz CT molecular complexity index is 610. The Kier molecular flexibility index (Phi) is 3.01. The number of benzene rings is 2. The highest BCUT2D eigenvalue weighted by Gasteiger charge is 2.15. The summed E-state index contributed by atoms with van der Waals surface area (Å²) in [6.45, 7) is 0.778. The molecule has 1 aliphatic heterocycles. The molecule has 2 aromatic rings. The molecule has 0 fully saturated rings. The van der Waals surface area contributed by atoms with Crippen molar-refractivity contribution in [3.05, 3.63) is 42.0 Å². The third-order valence-electron chi connectivity index (χ3n) is 3.18. The summed E-state index contributed by atoms with van der Waals surface area (Å²) in [5.41, 5.74) is 8.78. The third kappa shape index (κ3) is 2.11. The molecule has 0 saturated heterocycles. The topological polar surface area (TPSA) is 53.7 Å². The second-order valence-electron chi connectivity index (χ2n) is 4.31. The fourth-order valence-corrected chi connectivity index (χ4v) is 2.17. The zero-order valence-corrected chi connectivity index (χ0v) is 10.7. The van der Waals surface area contributed by atoms with E-state index in [2.05, 4.69) is 0 Å². The van der Waals surface area contributed by atoms with Crippen molar-refractivity contribution in [1.82, 2.24) is 0 Å². The maximum Gasteiger partial charge on any atom is 0.231 e. The van der Waals surface area contributed by atoms with Gasteiger partial charge in [0, 0.05) is 12.1 Å². The molecule has 2 N–H and O–H groups in total. The van der Waals surface area contributed by atoms with E-state index < -0.39 is 0 Å². The molecular weight excluding hydrogens is 242 g/mol. The van der Waals surface area contributed by atoms with Gasteiger partial charge in [0.15, 0.2) is 11.5 Å². The van der Waals surface area contributed by atoms with Crippen LogP contribution < -0.4 is 19.9 Å². The molecule has 19 heavy (non-hydrogen) atoms. The summed E-state index contributed by atoms with van der Waals surface area (Å²) in [6.07, 6.45) is 0. The number of rotatable bonds is 3. The van der Waals surface area contributed by atoms with E-state index in [0.29, 0.717) is 6.54 Å². The van der Waals surface area contributed by atoms with Crippen molar-refractivity contribution < 1.29 is 14.2 Å². The van der Waals surface area contributed by atoms with E-state index in [1.54, 1.807) is 7.11 Å². The van der Waals surface area contributed by atoms with Crippen LogP contribution in [0.2, 0.25) is 0 Å². The SMILES string of the molecule is COc1ccc(CN)cc1-c1ccc2c(c1)OCO2. The van der Waals surface area contributed by atoms with Crippen molar-refractivity contribution in [2.24, 2.45) is 5.73 Å². The average Bonchev–Trinajstić information content (AvgIpc) is 2.93. The highest BCUT2D eigenvalue weighted by molar-refractivity contribution is 5.73. The molecule has 1 heterocycles. The largest absolute Gasteiger partial charge is 0.496 e. The minimum Gasteiger partial charge on any atom is -0.496 e. The molecule has 0 radical (unpaired) electrons. The van der Waals surface area contributed by atoms with E-state index in [4.69, 9.17) is 19.9 Å². The van der Waals surface area contributed by atoms with Crippen molar-refractivity contribution in [3.8, 4) is 28.4 Å². The van der Waals surface area contributed by atoms with Gasteiger partial charge in [-0.15, -0.1) is 0 Å². The quantitative estimate of drug-likeness (QED) is 0.918. The molecule has 0 amide bonds. The second-order valence-corrected chi connectivity index (χ2v) is 4.31. The first kappa shape index (κ1) is 11.9. The monoisotopic (exact) mass is 257 g/mol. The molecule has 3 rings (SSSR count). The Balaban J connectivity index is 2.10. The van der Waals surface area contributed by atoms with E-state index in [1.807, 2.05) is 36.4 Å². The van der Waals surface area contributed by atoms with Crippen LogP contribution in [0.15, 0.2) is 36.4 Å². The minimum absolute atomic E-state index is 0.277. The van der Waals surface area contributed by atoms with Gasteiger partial charge in [-0.05, 0) is 35.4 Å². The smallest absolute Gasteiger partial charge is 0.231 e. The molecule has 0 atom stereocenters. The molecular formula is C15H15NO3. The lowest BCUT2D eigenvalue weighted by molar-refractivity contribution is 0.174. The van der Waals surface area contributed by atoms with E-state index in [9.17, 15) is 0 Å². The minimum atomic E-state index is 0.277. The second kappa shape index (κ2) is 4.82. The molecule has 2 aromatic carbocycles. The molecule has 0 bridgehead atoms. The molecule has 0 spiro atoms. The maximum absolute atomic E-state index is 5.69. The molecule has 0 saturated carbocycles. The van der Waals surface area contributed by atoms with Crippen LogP contribution in [0.4, 0.5) is 0 Å². The number of methoxy groups -OCH3 is 1. The van der Waals surface area contributed by atoms with Gasteiger partial charge in [-0.3, -0.25) is 0 Å². The number of hydrogen-bond acceptors (Lipinski definition) is 4. The molecule has 4 nitrogen and oxygen atoms in total. The molecule has 1 aliphatic rings. The van der Waals surface area contributed by atoms with Gasteiger partial charge >= 0.3 is 0 Å². The van der Waals surface area contributed by atoms with Crippen LogP contribution >= 0.6 is 0 Å². The standard InChI is InChI=1S/C15H15NO3/c1-17-13-4-2-10(8-16)6-12(13)11-3-5-14-15(7-11)19-9-18-14/h2-7H,8-9,16H2,1H3. The Morgan fingerprint density at radius 3 is 2.74 bits per heavy atom. The number of ether oxygens (including phenoxy) is 3.